The summed E-state index contributed by atoms with van der Waals surface area (Å²) in [5.41, 5.74) is 0. The van der Waals surface area contributed by atoms with E-state index in [1.807, 2.05) is 19.1 Å². The van der Waals surface area contributed by atoms with E-state index in [0.29, 0.717) is 19.3 Å². The molecule has 0 heterocycles. The summed E-state index contributed by atoms with van der Waals surface area (Å²) in [5.74, 6) is -0.227. The van der Waals surface area contributed by atoms with Gasteiger partial charge >= 0.3 is 27.6 Å². The third-order valence-corrected chi connectivity index (χ3v) is 12.9. The molecule has 5 N–H and O–H groups in total. The summed E-state index contributed by atoms with van der Waals surface area (Å²) >= 11 is 0. The second-order valence-electron chi connectivity index (χ2n) is 17.8. The molecule has 0 aromatic rings. The van der Waals surface area contributed by atoms with Gasteiger partial charge in [0.2, 0.25) is 0 Å². The zero-order valence-corrected chi connectivity index (χ0v) is 43.6. The van der Waals surface area contributed by atoms with Crippen molar-refractivity contribution in [2.45, 2.75) is 232 Å². The van der Waals surface area contributed by atoms with E-state index in [1.54, 1.807) is 0 Å². The molecule has 0 spiro atoms. The van der Waals surface area contributed by atoms with E-state index in [2.05, 4.69) is 54.8 Å². The highest BCUT2D eigenvalue weighted by molar-refractivity contribution is 7.47. The zero-order valence-electron chi connectivity index (χ0n) is 41.8. The third-order valence-electron chi connectivity index (χ3n) is 11.4. The summed E-state index contributed by atoms with van der Waals surface area (Å²) in [6.07, 6.45) is 44.8. The molecule has 0 radical (unpaired) electrons. The van der Waals surface area contributed by atoms with Crippen molar-refractivity contribution in [1.29, 1.82) is 0 Å². The number of carbonyl (C=O) groups excluding carboxylic acids is 2. The van der Waals surface area contributed by atoms with Gasteiger partial charge in [-0.3, -0.25) is 23.2 Å². The SMILES string of the molecule is CCC(C)CCCCCCCCCCCCCCCCCCCCC(=O)OC[C@H](COP(=O)(O)OC[C@@H](O)COP(=O)(O)O)OC(=O)CCC/C=C\C/C=C\C/C=C\C/C=C\CC[C@H](O)CC. The first-order chi connectivity index (χ1) is 32.2. The average molecular weight is 993 g/mol. The summed E-state index contributed by atoms with van der Waals surface area (Å²) < 4.78 is 47.9. The molecule has 0 aliphatic heterocycles. The molecule has 67 heavy (non-hydrogen) atoms. The fourth-order valence-electron chi connectivity index (χ4n) is 6.95. The van der Waals surface area contributed by atoms with Crippen LogP contribution < -0.4 is 0 Å². The van der Waals surface area contributed by atoms with Crippen molar-refractivity contribution < 1.29 is 66.7 Å². The molecule has 2 unspecified atom stereocenters. The van der Waals surface area contributed by atoms with Gasteiger partial charge in [0.1, 0.15) is 12.7 Å². The Morgan fingerprint density at radius 1 is 0.478 bits per heavy atom. The van der Waals surface area contributed by atoms with Crippen LogP contribution in [0.1, 0.15) is 213 Å². The molecule has 16 heteroatoms. The van der Waals surface area contributed by atoms with Crippen LogP contribution in [0.2, 0.25) is 0 Å². The highest BCUT2D eigenvalue weighted by Crippen LogP contribution is 2.44. The number of unbranched alkanes of at least 4 members (excludes halogenated alkanes) is 18. The standard InChI is InChI=1S/C51H94O14P2/c1-4-46(3)38-34-30-26-22-18-14-10-8-6-7-9-11-16-20-24-28-32-36-40-50(54)61-44-49(45-64-67(59,60)63-43-48(53)42-62-66(56,57)58)65-51(55)41-37-33-29-25-21-17-13-12-15-19-23-27-31-35-39-47(52)5-2/h13,15,17,19,25,27,29,31,46-49,52-53H,4-12,14,16,18,20-24,26,28,30,32-45H2,1-3H3,(H,59,60)(H2,56,57,58)/b17-13-,19-15-,29-25-,31-27-/t46?,47-,48+,49-/m1/s1. The van der Waals surface area contributed by atoms with Crippen molar-refractivity contribution in [3.8, 4) is 0 Å². The van der Waals surface area contributed by atoms with Crippen LogP contribution in [0.15, 0.2) is 48.6 Å². The Bertz CT molecular complexity index is 1400. The topological polar surface area (TPSA) is 216 Å². The van der Waals surface area contributed by atoms with Gasteiger partial charge in [-0.05, 0) is 63.7 Å². The van der Waals surface area contributed by atoms with Crippen molar-refractivity contribution in [3.05, 3.63) is 48.6 Å². The minimum atomic E-state index is -4.88. The highest BCUT2D eigenvalue weighted by Gasteiger charge is 2.28. The van der Waals surface area contributed by atoms with E-state index in [9.17, 15) is 33.8 Å². The smallest absolute Gasteiger partial charge is 0.462 e. The number of aliphatic hydroxyl groups excluding tert-OH is 2. The second-order valence-corrected chi connectivity index (χ2v) is 20.5. The van der Waals surface area contributed by atoms with Gasteiger partial charge < -0.3 is 34.4 Å². The fourth-order valence-corrected chi connectivity index (χ4v) is 8.10. The van der Waals surface area contributed by atoms with E-state index in [1.165, 1.54) is 103 Å². The molecule has 0 aromatic heterocycles. The Morgan fingerprint density at radius 2 is 0.910 bits per heavy atom. The molecular weight excluding hydrogens is 898 g/mol. The lowest BCUT2D eigenvalue weighted by Gasteiger charge is -2.20. The van der Waals surface area contributed by atoms with E-state index in [4.69, 9.17) is 28.3 Å². The second kappa shape index (κ2) is 45.2. The number of carbonyl (C=O) groups is 2. The van der Waals surface area contributed by atoms with Gasteiger partial charge in [-0.1, -0.05) is 191 Å². The monoisotopic (exact) mass is 993 g/mol. The fraction of sp³-hybridized carbons (Fsp3) is 0.804. The molecule has 392 valence electrons. The Morgan fingerprint density at radius 3 is 1.40 bits per heavy atom. The Labute approximate surface area is 405 Å². The lowest BCUT2D eigenvalue weighted by Crippen LogP contribution is -2.29. The van der Waals surface area contributed by atoms with Crippen LogP contribution in [0.3, 0.4) is 0 Å². The van der Waals surface area contributed by atoms with E-state index in [0.717, 1.165) is 63.7 Å². The average Bonchev–Trinajstić information content (AvgIpc) is 3.29. The van der Waals surface area contributed by atoms with Crippen LogP contribution in [0.5, 0.6) is 0 Å². The minimum Gasteiger partial charge on any atom is -0.462 e. The zero-order chi connectivity index (χ0) is 49.7. The molecule has 14 nitrogen and oxygen atoms in total. The number of ether oxygens (including phenoxy) is 2. The van der Waals surface area contributed by atoms with Gasteiger partial charge in [0.05, 0.1) is 25.9 Å². The quantitative estimate of drug-likeness (QED) is 0.0166. The van der Waals surface area contributed by atoms with Crippen molar-refractivity contribution in [2.75, 3.05) is 26.4 Å². The van der Waals surface area contributed by atoms with Gasteiger partial charge in [-0.15, -0.1) is 0 Å². The number of esters is 2. The molecule has 0 aliphatic carbocycles. The first-order valence-corrected chi connectivity index (χ1v) is 28.8. The van der Waals surface area contributed by atoms with Crippen LogP contribution in [0.4, 0.5) is 0 Å². The minimum absolute atomic E-state index is 0.0428. The molecule has 0 rings (SSSR count). The summed E-state index contributed by atoms with van der Waals surface area (Å²) in [6, 6.07) is 0. The van der Waals surface area contributed by atoms with Gasteiger partial charge in [0.25, 0.3) is 0 Å². The van der Waals surface area contributed by atoms with Crippen molar-refractivity contribution in [3.63, 3.8) is 0 Å². The maximum absolute atomic E-state index is 12.7. The number of hydrogen-bond acceptors (Lipinski definition) is 11. The van der Waals surface area contributed by atoms with Crippen LogP contribution in [0, 0.1) is 5.92 Å². The molecule has 0 saturated carbocycles. The Hall–Kier alpha value is -1.96. The van der Waals surface area contributed by atoms with Crippen molar-refractivity contribution in [1.82, 2.24) is 0 Å². The predicted octanol–water partition coefficient (Wildman–Crippen LogP) is 13.0. The first kappa shape index (κ1) is 65.0. The van der Waals surface area contributed by atoms with Crippen LogP contribution in [-0.4, -0.2) is 81.6 Å². The maximum atomic E-state index is 12.7. The van der Waals surface area contributed by atoms with Crippen LogP contribution >= 0.6 is 15.6 Å². The molecule has 5 atom stereocenters. The largest absolute Gasteiger partial charge is 0.472 e. The summed E-state index contributed by atoms with van der Waals surface area (Å²) in [6.45, 7) is 3.83. The van der Waals surface area contributed by atoms with E-state index >= 15 is 0 Å². The number of phosphoric ester groups is 2. The van der Waals surface area contributed by atoms with Gasteiger partial charge in [-0.2, -0.15) is 0 Å². The predicted molar refractivity (Wildman–Crippen MR) is 268 cm³/mol. The van der Waals surface area contributed by atoms with Gasteiger partial charge in [0, 0.05) is 12.8 Å². The Kier molecular flexibility index (Phi) is 43.9. The highest BCUT2D eigenvalue weighted by atomic mass is 31.2. The third kappa shape index (κ3) is 48.8. The van der Waals surface area contributed by atoms with E-state index < -0.39 is 66.2 Å². The molecule has 0 aliphatic rings. The molecule has 0 saturated heterocycles. The van der Waals surface area contributed by atoms with Crippen molar-refractivity contribution in [2.24, 2.45) is 5.92 Å². The molecule has 0 fully saturated rings. The Balaban J connectivity index is 4.45. The number of allylic oxidation sites excluding steroid dienone is 8. The number of rotatable bonds is 48. The summed E-state index contributed by atoms with van der Waals surface area (Å²) in [7, 11) is -9.71. The molecule has 0 amide bonds. The van der Waals surface area contributed by atoms with Crippen LogP contribution in [0.25, 0.3) is 0 Å². The molecule has 0 aromatic carbocycles. The summed E-state index contributed by atoms with van der Waals surface area (Å²) in [5, 5.41) is 19.4. The van der Waals surface area contributed by atoms with Gasteiger partial charge in [-0.25, -0.2) is 9.13 Å². The lowest BCUT2D eigenvalue weighted by atomic mass is 9.99. The number of hydrogen-bond donors (Lipinski definition) is 5. The molecular formula is C51H94O14P2. The normalized spacial score (nSPS) is 15.2. The molecule has 0 bridgehead atoms. The summed E-state index contributed by atoms with van der Waals surface area (Å²) in [4.78, 5) is 52.9. The van der Waals surface area contributed by atoms with E-state index in [-0.39, 0.29) is 18.9 Å². The number of aliphatic hydroxyl groups is 2. The lowest BCUT2D eigenvalue weighted by molar-refractivity contribution is -0.161. The first-order valence-electron chi connectivity index (χ1n) is 25.8. The van der Waals surface area contributed by atoms with Crippen molar-refractivity contribution >= 4 is 27.6 Å². The van der Waals surface area contributed by atoms with Gasteiger partial charge in [0.15, 0.2) is 6.10 Å². The maximum Gasteiger partial charge on any atom is 0.472 e. The van der Waals surface area contributed by atoms with Crippen LogP contribution in [-0.2, 0) is 41.8 Å². The number of phosphoric acid groups is 2.